The Balaban J connectivity index is 1.71. The van der Waals surface area contributed by atoms with E-state index in [2.05, 4.69) is 13.8 Å². The summed E-state index contributed by atoms with van der Waals surface area (Å²) >= 11 is 0. The van der Waals surface area contributed by atoms with Crippen molar-refractivity contribution in [2.75, 3.05) is 32.8 Å². The number of ether oxygens (including phenoxy) is 1. The third-order valence-electron chi connectivity index (χ3n) is 4.67. The first-order chi connectivity index (χ1) is 12.5. The lowest BCUT2D eigenvalue weighted by molar-refractivity contribution is -0.134. The molecule has 1 heterocycles. The van der Waals surface area contributed by atoms with Crippen LogP contribution >= 0.6 is 0 Å². The second-order valence-electron chi connectivity index (χ2n) is 7.43. The Morgan fingerprint density at radius 2 is 1.69 bits per heavy atom. The SMILES string of the molecule is Cc1ccccc1OCCCC(=O)N1CCCN(C(=O)CC(C)C)CC1. The first-order valence-electron chi connectivity index (χ1n) is 9.71. The number of aryl methyl sites for hydroxylation is 1. The highest BCUT2D eigenvalue weighted by Crippen LogP contribution is 2.16. The maximum Gasteiger partial charge on any atom is 0.222 e. The number of benzene rings is 1. The molecule has 1 aliphatic rings. The fraction of sp³-hybridized carbons (Fsp3) is 0.619. The smallest absolute Gasteiger partial charge is 0.222 e. The van der Waals surface area contributed by atoms with Crippen LogP contribution in [0.2, 0.25) is 0 Å². The quantitative estimate of drug-likeness (QED) is 0.701. The zero-order valence-corrected chi connectivity index (χ0v) is 16.4. The molecule has 1 aliphatic heterocycles. The molecule has 144 valence electrons. The van der Waals surface area contributed by atoms with Crippen LogP contribution in [0.3, 0.4) is 0 Å². The largest absolute Gasteiger partial charge is 0.493 e. The molecular formula is C21H32N2O3. The molecular weight excluding hydrogens is 328 g/mol. The molecule has 0 aliphatic carbocycles. The summed E-state index contributed by atoms with van der Waals surface area (Å²) in [5.41, 5.74) is 1.11. The Morgan fingerprint density at radius 3 is 2.35 bits per heavy atom. The number of hydrogen-bond donors (Lipinski definition) is 0. The predicted molar refractivity (Wildman–Crippen MR) is 103 cm³/mol. The highest BCUT2D eigenvalue weighted by atomic mass is 16.5. The van der Waals surface area contributed by atoms with Gasteiger partial charge in [0.05, 0.1) is 6.61 Å². The lowest BCUT2D eigenvalue weighted by atomic mass is 10.1. The molecule has 1 fully saturated rings. The van der Waals surface area contributed by atoms with Crippen molar-refractivity contribution in [2.45, 2.75) is 46.5 Å². The molecule has 0 unspecified atom stereocenters. The Labute approximate surface area is 157 Å². The lowest BCUT2D eigenvalue weighted by Gasteiger charge is -2.23. The molecule has 1 aromatic carbocycles. The summed E-state index contributed by atoms with van der Waals surface area (Å²) in [6.45, 7) is 9.47. The summed E-state index contributed by atoms with van der Waals surface area (Å²) in [5.74, 6) is 1.63. The van der Waals surface area contributed by atoms with Crippen LogP contribution in [-0.4, -0.2) is 54.4 Å². The van der Waals surface area contributed by atoms with Crippen molar-refractivity contribution in [3.63, 3.8) is 0 Å². The van der Waals surface area contributed by atoms with Gasteiger partial charge in [-0.3, -0.25) is 9.59 Å². The molecule has 5 heteroatoms. The lowest BCUT2D eigenvalue weighted by Crippen LogP contribution is -2.37. The number of carbonyl (C=O) groups is 2. The van der Waals surface area contributed by atoms with E-state index in [1.54, 1.807) is 0 Å². The van der Waals surface area contributed by atoms with Gasteiger partial charge in [0.1, 0.15) is 5.75 Å². The first-order valence-corrected chi connectivity index (χ1v) is 9.71. The van der Waals surface area contributed by atoms with Crippen molar-refractivity contribution in [3.05, 3.63) is 29.8 Å². The Morgan fingerprint density at radius 1 is 1.04 bits per heavy atom. The molecule has 2 rings (SSSR count). The molecule has 0 bridgehead atoms. The second kappa shape index (κ2) is 10.2. The maximum atomic E-state index is 12.5. The van der Waals surface area contributed by atoms with Crippen LogP contribution in [0.15, 0.2) is 24.3 Å². The minimum absolute atomic E-state index is 0.163. The third-order valence-corrected chi connectivity index (χ3v) is 4.67. The van der Waals surface area contributed by atoms with Crippen molar-refractivity contribution in [1.29, 1.82) is 0 Å². The van der Waals surface area contributed by atoms with Gasteiger partial charge in [0.2, 0.25) is 11.8 Å². The van der Waals surface area contributed by atoms with Gasteiger partial charge >= 0.3 is 0 Å². The predicted octanol–water partition coefficient (Wildman–Crippen LogP) is 3.26. The molecule has 1 aromatic rings. The zero-order chi connectivity index (χ0) is 18.9. The second-order valence-corrected chi connectivity index (χ2v) is 7.43. The Hall–Kier alpha value is -2.04. The number of carbonyl (C=O) groups excluding carboxylic acids is 2. The van der Waals surface area contributed by atoms with E-state index in [0.717, 1.165) is 30.8 Å². The fourth-order valence-electron chi connectivity index (χ4n) is 3.18. The Bertz CT molecular complexity index is 601. The van der Waals surface area contributed by atoms with Gasteiger partial charge in [-0.1, -0.05) is 32.0 Å². The van der Waals surface area contributed by atoms with E-state index in [4.69, 9.17) is 4.74 Å². The standard InChI is InChI=1S/C21H32N2O3/c1-17(2)16-21(25)23-12-7-11-22(13-14-23)20(24)10-6-15-26-19-9-5-4-8-18(19)3/h4-5,8-9,17H,6-7,10-16H2,1-3H3. The molecule has 5 nitrogen and oxygen atoms in total. The molecule has 0 saturated carbocycles. The summed E-state index contributed by atoms with van der Waals surface area (Å²) in [4.78, 5) is 28.5. The van der Waals surface area contributed by atoms with E-state index < -0.39 is 0 Å². The number of nitrogens with zero attached hydrogens (tertiary/aromatic N) is 2. The van der Waals surface area contributed by atoms with E-state index in [9.17, 15) is 9.59 Å². The van der Waals surface area contributed by atoms with Crippen LogP contribution in [0.1, 0.15) is 45.1 Å². The van der Waals surface area contributed by atoms with Crippen LogP contribution in [0.25, 0.3) is 0 Å². The van der Waals surface area contributed by atoms with Gasteiger partial charge in [-0.05, 0) is 37.3 Å². The van der Waals surface area contributed by atoms with Crippen LogP contribution < -0.4 is 4.74 Å². The summed E-state index contributed by atoms with van der Waals surface area (Å²) in [7, 11) is 0. The van der Waals surface area contributed by atoms with Crippen molar-refractivity contribution < 1.29 is 14.3 Å². The average molecular weight is 360 g/mol. The monoisotopic (exact) mass is 360 g/mol. The summed E-state index contributed by atoms with van der Waals surface area (Å²) in [6, 6.07) is 7.91. The molecule has 1 saturated heterocycles. The average Bonchev–Trinajstić information content (AvgIpc) is 2.85. The summed E-state index contributed by atoms with van der Waals surface area (Å²) < 4.78 is 5.76. The van der Waals surface area contributed by atoms with Gasteiger partial charge in [0, 0.05) is 39.0 Å². The molecule has 0 spiro atoms. The van der Waals surface area contributed by atoms with Gasteiger partial charge in [-0.25, -0.2) is 0 Å². The molecule has 0 radical (unpaired) electrons. The van der Waals surface area contributed by atoms with Crippen LogP contribution in [0, 0.1) is 12.8 Å². The normalized spacial score (nSPS) is 15.1. The highest BCUT2D eigenvalue weighted by molar-refractivity contribution is 5.77. The fourth-order valence-corrected chi connectivity index (χ4v) is 3.18. The molecule has 0 aromatic heterocycles. The molecule has 2 amide bonds. The highest BCUT2D eigenvalue weighted by Gasteiger charge is 2.22. The maximum absolute atomic E-state index is 12.5. The number of rotatable bonds is 7. The summed E-state index contributed by atoms with van der Waals surface area (Å²) in [5, 5.41) is 0. The van der Waals surface area contributed by atoms with Gasteiger partial charge in [-0.15, -0.1) is 0 Å². The molecule has 0 atom stereocenters. The van der Waals surface area contributed by atoms with Gasteiger partial charge < -0.3 is 14.5 Å². The van der Waals surface area contributed by atoms with Crippen molar-refractivity contribution >= 4 is 11.8 Å². The Kier molecular flexibility index (Phi) is 7.95. The van der Waals surface area contributed by atoms with Crippen LogP contribution in [0.4, 0.5) is 0 Å². The van der Waals surface area contributed by atoms with Gasteiger partial charge in [0.25, 0.3) is 0 Å². The minimum atomic E-state index is 0.163. The van der Waals surface area contributed by atoms with E-state index in [1.807, 2.05) is 41.0 Å². The van der Waals surface area contributed by atoms with Gasteiger partial charge in [-0.2, -0.15) is 0 Å². The first kappa shape index (κ1) is 20.3. The van der Waals surface area contributed by atoms with Crippen molar-refractivity contribution in [2.24, 2.45) is 5.92 Å². The summed E-state index contributed by atoms with van der Waals surface area (Å²) in [6.07, 6.45) is 2.64. The van der Waals surface area contributed by atoms with E-state index in [1.165, 1.54) is 0 Å². The van der Waals surface area contributed by atoms with Crippen molar-refractivity contribution in [3.8, 4) is 5.75 Å². The molecule has 0 N–H and O–H groups in total. The van der Waals surface area contributed by atoms with Crippen LogP contribution in [0.5, 0.6) is 5.75 Å². The van der Waals surface area contributed by atoms with Crippen molar-refractivity contribution in [1.82, 2.24) is 9.80 Å². The minimum Gasteiger partial charge on any atom is -0.493 e. The number of hydrogen-bond acceptors (Lipinski definition) is 3. The topological polar surface area (TPSA) is 49.9 Å². The van der Waals surface area contributed by atoms with Crippen LogP contribution in [-0.2, 0) is 9.59 Å². The van der Waals surface area contributed by atoms with Gasteiger partial charge in [0.15, 0.2) is 0 Å². The molecule has 26 heavy (non-hydrogen) atoms. The third kappa shape index (κ3) is 6.36. The number of amides is 2. The van der Waals surface area contributed by atoms with E-state index in [0.29, 0.717) is 44.9 Å². The zero-order valence-electron chi connectivity index (χ0n) is 16.4. The van der Waals surface area contributed by atoms with E-state index in [-0.39, 0.29) is 11.8 Å². The number of para-hydroxylation sites is 1. The van der Waals surface area contributed by atoms with E-state index >= 15 is 0 Å².